The highest BCUT2D eigenvalue weighted by atomic mass is 32.1. The highest BCUT2D eigenvalue weighted by molar-refractivity contribution is 7.13. The van der Waals surface area contributed by atoms with E-state index in [4.69, 9.17) is 4.42 Å². The third kappa shape index (κ3) is 2.55. The number of carbonyl (C=O) groups excluding carboxylic acids is 1. The fourth-order valence-electron chi connectivity index (χ4n) is 1.50. The van der Waals surface area contributed by atoms with E-state index in [0.717, 1.165) is 23.0 Å². The van der Waals surface area contributed by atoms with Crippen LogP contribution in [0, 0.1) is 6.92 Å². The van der Waals surface area contributed by atoms with Crippen LogP contribution in [0.3, 0.4) is 0 Å². The first-order valence-electron chi connectivity index (χ1n) is 5.28. The van der Waals surface area contributed by atoms with E-state index in [2.05, 4.69) is 4.98 Å². The molecule has 0 unspecified atom stereocenters. The summed E-state index contributed by atoms with van der Waals surface area (Å²) >= 11 is 1.48. The number of aryl methyl sites for hydroxylation is 1. The van der Waals surface area contributed by atoms with E-state index < -0.39 is 0 Å². The number of hydrogen-bond donors (Lipinski definition) is 0. The van der Waals surface area contributed by atoms with Crippen molar-refractivity contribution in [3.8, 4) is 0 Å². The van der Waals surface area contributed by atoms with Crippen LogP contribution >= 0.6 is 11.3 Å². The van der Waals surface area contributed by atoms with Gasteiger partial charge in [0.25, 0.3) is 0 Å². The summed E-state index contributed by atoms with van der Waals surface area (Å²) in [6.45, 7) is 4.19. The SMILES string of the molecule is CC(=O)c1csc(N(C)Cc2ccoc2C)n1. The van der Waals surface area contributed by atoms with Crippen molar-refractivity contribution in [3.05, 3.63) is 34.7 Å². The molecule has 2 aromatic heterocycles. The Hall–Kier alpha value is -1.62. The van der Waals surface area contributed by atoms with Gasteiger partial charge in [0.2, 0.25) is 0 Å². The lowest BCUT2D eigenvalue weighted by Crippen LogP contribution is -2.16. The number of Topliss-reactive ketones (excluding diaryl/α,β-unsaturated/α-hetero) is 1. The lowest BCUT2D eigenvalue weighted by Gasteiger charge is -2.14. The first-order chi connectivity index (χ1) is 8.08. The van der Waals surface area contributed by atoms with Crippen molar-refractivity contribution in [2.75, 3.05) is 11.9 Å². The van der Waals surface area contributed by atoms with Gasteiger partial charge in [0.1, 0.15) is 11.5 Å². The molecule has 0 spiro atoms. The largest absolute Gasteiger partial charge is 0.469 e. The first-order valence-corrected chi connectivity index (χ1v) is 6.16. The lowest BCUT2D eigenvalue weighted by molar-refractivity contribution is 0.101. The second-order valence-electron chi connectivity index (χ2n) is 3.93. The molecule has 2 aromatic rings. The van der Waals surface area contributed by atoms with E-state index in [9.17, 15) is 4.79 Å². The number of furan rings is 1. The fourth-order valence-corrected chi connectivity index (χ4v) is 2.33. The maximum absolute atomic E-state index is 11.2. The smallest absolute Gasteiger partial charge is 0.186 e. The van der Waals surface area contributed by atoms with Crippen molar-refractivity contribution in [3.63, 3.8) is 0 Å². The molecule has 90 valence electrons. The Bertz CT molecular complexity index is 530. The fraction of sp³-hybridized carbons (Fsp3) is 0.333. The molecule has 0 aromatic carbocycles. The molecule has 0 aliphatic heterocycles. The lowest BCUT2D eigenvalue weighted by atomic mass is 10.2. The summed E-state index contributed by atoms with van der Waals surface area (Å²) in [5.74, 6) is 0.917. The number of thiazole rings is 1. The molecule has 17 heavy (non-hydrogen) atoms. The van der Waals surface area contributed by atoms with Crippen LogP contribution in [0.4, 0.5) is 5.13 Å². The van der Waals surface area contributed by atoms with Gasteiger partial charge in [-0.1, -0.05) is 0 Å². The Morgan fingerprint density at radius 3 is 2.88 bits per heavy atom. The Balaban J connectivity index is 2.12. The third-order valence-corrected chi connectivity index (χ3v) is 3.51. The van der Waals surface area contributed by atoms with Crippen LogP contribution in [0.1, 0.15) is 28.7 Å². The average Bonchev–Trinajstić information content (AvgIpc) is 2.88. The predicted molar refractivity (Wildman–Crippen MR) is 67.7 cm³/mol. The molecule has 0 amide bonds. The molecule has 0 aliphatic rings. The molecule has 0 N–H and O–H groups in total. The Kier molecular flexibility index (Phi) is 3.28. The number of ketones is 1. The van der Waals surface area contributed by atoms with E-state index >= 15 is 0 Å². The molecule has 0 saturated carbocycles. The van der Waals surface area contributed by atoms with Crippen LogP contribution < -0.4 is 4.90 Å². The molecule has 0 fully saturated rings. The number of anilines is 1. The summed E-state index contributed by atoms with van der Waals surface area (Å²) in [4.78, 5) is 17.5. The summed E-state index contributed by atoms with van der Waals surface area (Å²) in [7, 11) is 1.95. The number of carbonyl (C=O) groups is 1. The molecule has 5 heteroatoms. The van der Waals surface area contributed by atoms with Gasteiger partial charge in [-0.15, -0.1) is 11.3 Å². The molecule has 0 atom stereocenters. The molecule has 2 rings (SSSR count). The van der Waals surface area contributed by atoms with Gasteiger partial charge in [-0.3, -0.25) is 4.79 Å². The summed E-state index contributed by atoms with van der Waals surface area (Å²) < 4.78 is 5.25. The van der Waals surface area contributed by atoms with Gasteiger partial charge in [0.05, 0.1) is 6.26 Å². The zero-order chi connectivity index (χ0) is 12.4. The van der Waals surface area contributed by atoms with Crippen LogP contribution in [0.2, 0.25) is 0 Å². The number of rotatable bonds is 4. The van der Waals surface area contributed by atoms with E-state index in [1.54, 1.807) is 11.6 Å². The minimum absolute atomic E-state index is 0.000363. The highest BCUT2D eigenvalue weighted by Crippen LogP contribution is 2.22. The van der Waals surface area contributed by atoms with Gasteiger partial charge in [0, 0.05) is 31.5 Å². The van der Waals surface area contributed by atoms with Crippen LogP contribution in [0.25, 0.3) is 0 Å². The zero-order valence-corrected chi connectivity index (χ0v) is 10.9. The Morgan fingerprint density at radius 1 is 1.59 bits per heavy atom. The van der Waals surface area contributed by atoms with E-state index in [1.807, 2.05) is 24.9 Å². The molecule has 0 aliphatic carbocycles. The van der Waals surface area contributed by atoms with E-state index in [-0.39, 0.29) is 5.78 Å². The zero-order valence-electron chi connectivity index (χ0n) is 10.1. The molecule has 0 bridgehead atoms. The first kappa shape index (κ1) is 11.9. The van der Waals surface area contributed by atoms with Crippen molar-refractivity contribution in [1.29, 1.82) is 0 Å². The molecule has 4 nitrogen and oxygen atoms in total. The maximum atomic E-state index is 11.2. The van der Waals surface area contributed by atoms with Crippen molar-refractivity contribution < 1.29 is 9.21 Å². The quantitative estimate of drug-likeness (QED) is 0.783. The third-order valence-electron chi connectivity index (χ3n) is 2.55. The molecular weight excluding hydrogens is 236 g/mol. The van der Waals surface area contributed by atoms with E-state index in [1.165, 1.54) is 18.3 Å². The Morgan fingerprint density at radius 2 is 2.35 bits per heavy atom. The second kappa shape index (κ2) is 4.71. The van der Waals surface area contributed by atoms with Crippen molar-refractivity contribution >= 4 is 22.3 Å². The van der Waals surface area contributed by atoms with Gasteiger partial charge in [-0.25, -0.2) is 4.98 Å². The Labute approximate surface area is 104 Å². The normalized spacial score (nSPS) is 10.5. The van der Waals surface area contributed by atoms with Crippen LogP contribution in [-0.2, 0) is 6.54 Å². The van der Waals surface area contributed by atoms with Crippen molar-refractivity contribution in [2.45, 2.75) is 20.4 Å². The average molecular weight is 250 g/mol. The summed E-state index contributed by atoms with van der Waals surface area (Å²) in [5, 5.41) is 2.63. The predicted octanol–water partition coefficient (Wildman–Crippen LogP) is 2.88. The van der Waals surface area contributed by atoms with Crippen LogP contribution in [-0.4, -0.2) is 17.8 Å². The van der Waals surface area contributed by atoms with Gasteiger partial charge in [-0.2, -0.15) is 0 Å². The van der Waals surface area contributed by atoms with Crippen LogP contribution in [0.15, 0.2) is 22.1 Å². The molecular formula is C12H14N2O2S. The minimum atomic E-state index is 0.000363. The van der Waals surface area contributed by atoms with E-state index in [0.29, 0.717) is 5.69 Å². The van der Waals surface area contributed by atoms with Gasteiger partial charge in [0.15, 0.2) is 10.9 Å². The molecule has 2 heterocycles. The summed E-state index contributed by atoms with van der Waals surface area (Å²) in [6.07, 6.45) is 1.68. The highest BCUT2D eigenvalue weighted by Gasteiger charge is 2.11. The van der Waals surface area contributed by atoms with Crippen LogP contribution in [0.5, 0.6) is 0 Å². The summed E-state index contributed by atoms with van der Waals surface area (Å²) in [5.41, 5.74) is 1.66. The maximum Gasteiger partial charge on any atom is 0.186 e. The minimum Gasteiger partial charge on any atom is -0.469 e. The molecule has 0 radical (unpaired) electrons. The van der Waals surface area contributed by atoms with Gasteiger partial charge < -0.3 is 9.32 Å². The number of aromatic nitrogens is 1. The second-order valence-corrected chi connectivity index (χ2v) is 4.77. The summed E-state index contributed by atoms with van der Waals surface area (Å²) in [6, 6.07) is 1.95. The number of nitrogens with zero attached hydrogens (tertiary/aromatic N) is 2. The standard InChI is InChI=1S/C12H14N2O2S/c1-8(15)11-7-17-12(13-11)14(3)6-10-4-5-16-9(10)2/h4-5,7H,6H2,1-3H3. The van der Waals surface area contributed by atoms with Gasteiger partial charge in [-0.05, 0) is 13.0 Å². The monoisotopic (exact) mass is 250 g/mol. The van der Waals surface area contributed by atoms with Crippen molar-refractivity contribution in [1.82, 2.24) is 4.98 Å². The topological polar surface area (TPSA) is 46.3 Å². The molecule has 0 saturated heterocycles. The number of hydrogen-bond acceptors (Lipinski definition) is 5. The van der Waals surface area contributed by atoms with Gasteiger partial charge >= 0.3 is 0 Å². The van der Waals surface area contributed by atoms with Crippen molar-refractivity contribution in [2.24, 2.45) is 0 Å².